The summed E-state index contributed by atoms with van der Waals surface area (Å²) in [6.45, 7) is 0. The lowest BCUT2D eigenvalue weighted by Crippen LogP contribution is -2.12. The molecule has 25 heavy (non-hydrogen) atoms. The molecular weight excluding hydrogens is 320 g/mol. The summed E-state index contributed by atoms with van der Waals surface area (Å²) in [5.74, 6) is 0.424. The highest BCUT2D eigenvalue weighted by molar-refractivity contribution is 6.05. The van der Waals surface area contributed by atoms with E-state index >= 15 is 0 Å². The highest BCUT2D eigenvalue weighted by Gasteiger charge is 2.15. The van der Waals surface area contributed by atoms with Crippen molar-refractivity contribution in [2.45, 2.75) is 0 Å². The minimum Gasteiger partial charge on any atom is -0.494 e. The second-order valence-electron chi connectivity index (χ2n) is 5.36. The van der Waals surface area contributed by atoms with Gasteiger partial charge in [0.05, 0.1) is 18.5 Å². The number of amides is 1. The van der Waals surface area contributed by atoms with Gasteiger partial charge in [0.2, 0.25) is 0 Å². The maximum atomic E-state index is 12.5. The number of furan rings is 1. The lowest BCUT2D eigenvalue weighted by molar-refractivity contribution is 0.0998. The van der Waals surface area contributed by atoms with E-state index in [1.807, 2.05) is 30.3 Å². The minimum atomic E-state index is -0.341. The van der Waals surface area contributed by atoms with Gasteiger partial charge in [-0.3, -0.25) is 9.36 Å². The third-order valence-electron chi connectivity index (χ3n) is 3.80. The van der Waals surface area contributed by atoms with Crippen LogP contribution in [0.5, 0.6) is 5.75 Å². The first-order valence-corrected chi connectivity index (χ1v) is 7.57. The number of nitrogens with zero attached hydrogens (tertiary/aromatic N) is 3. The molecule has 0 unspecified atom stereocenters. The number of aromatic nitrogens is 3. The average molecular weight is 334 g/mol. The van der Waals surface area contributed by atoms with Crippen molar-refractivity contribution in [1.29, 1.82) is 0 Å². The highest BCUT2D eigenvalue weighted by atomic mass is 16.5. The van der Waals surface area contributed by atoms with Crippen LogP contribution in [0.2, 0.25) is 0 Å². The van der Waals surface area contributed by atoms with Crippen molar-refractivity contribution in [2.24, 2.45) is 0 Å². The SMILES string of the molecule is COc1cc(-n2cnnc2)ccc1NC(=O)c1cc2ccccc2o1. The number of benzene rings is 2. The van der Waals surface area contributed by atoms with Crippen LogP contribution in [0.15, 0.2) is 65.6 Å². The van der Waals surface area contributed by atoms with E-state index in [1.54, 1.807) is 42.5 Å². The van der Waals surface area contributed by atoms with Crippen molar-refractivity contribution in [2.75, 3.05) is 12.4 Å². The van der Waals surface area contributed by atoms with Crippen molar-refractivity contribution in [3.05, 3.63) is 66.9 Å². The molecule has 2 aromatic heterocycles. The fourth-order valence-electron chi connectivity index (χ4n) is 2.56. The first-order chi connectivity index (χ1) is 12.2. The highest BCUT2D eigenvalue weighted by Crippen LogP contribution is 2.28. The molecule has 2 heterocycles. The van der Waals surface area contributed by atoms with E-state index in [2.05, 4.69) is 15.5 Å². The van der Waals surface area contributed by atoms with Gasteiger partial charge in [-0.15, -0.1) is 10.2 Å². The van der Waals surface area contributed by atoms with Gasteiger partial charge in [-0.25, -0.2) is 0 Å². The molecule has 0 fully saturated rings. The smallest absolute Gasteiger partial charge is 0.291 e. The van der Waals surface area contributed by atoms with Crippen molar-refractivity contribution in [1.82, 2.24) is 14.8 Å². The molecule has 0 atom stereocenters. The summed E-state index contributed by atoms with van der Waals surface area (Å²) in [5, 5.41) is 11.2. The van der Waals surface area contributed by atoms with E-state index < -0.39 is 0 Å². The summed E-state index contributed by atoms with van der Waals surface area (Å²) in [6.07, 6.45) is 3.17. The molecule has 0 aliphatic carbocycles. The monoisotopic (exact) mass is 334 g/mol. The molecular formula is C18H14N4O3. The van der Waals surface area contributed by atoms with Gasteiger partial charge in [-0.1, -0.05) is 18.2 Å². The maximum absolute atomic E-state index is 12.5. The lowest BCUT2D eigenvalue weighted by Gasteiger charge is -2.11. The molecule has 7 nitrogen and oxygen atoms in total. The van der Waals surface area contributed by atoms with Crippen LogP contribution in [-0.4, -0.2) is 27.8 Å². The Morgan fingerprint density at radius 3 is 2.68 bits per heavy atom. The Bertz CT molecular complexity index is 1000. The Balaban J connectivity index is 1.62. The molecule has 0 aliphatic heterocycles. The molecule has 0 saturated carbocycles. The number of hydrogen-bond donors (Lipinski definition) is 1. The van der Waals surface area contributed by atoms with Crippen molar-refractivity contribution >= 4 is 22.6 Å². The Morgan fingerprint density at radius 1 is 1.12 bits per heavy atom. The van der Waals surface area contributed by atoms with Gasteiger partial charge >= 0.3 is 0 Å². The standard InChI is InChI=1S/C18H14N4O3/c1-24-16-9-13(22-10-19-20-11-22)6-7-14(16)21-18(23)17-8-12-4-2-3-5-15(12)25-17/h2-11H,1H3,(H,21,23). The number of para-hydroxylation sites is 1. The summed E-state index contributed by atoms with van der Waals surface area (Å²) in [7, 11) is 1.54. The normalized spacial score (nSPS) is 10.8. The van der Waals surface area contributed by atoms with Crippen LogP contribution in [-0.2, 0) is 0 Å². The first kappa shape index (κ1) is 14.9. The number of anilines is 1. The zero-order valence-electron chi connectivity index (χ0n) is 13.3. The predicted octanol–water partition coefficient (Wildman–Crippen LogP) is 3.27. The Morgan fingerprint density at radius 2 is 1.92 bits per heavy atom. The van der Waals surface area contributed by atoms with E-state index in [1.165, 1.54) is 0 Å². The van der Waals surface area contributed by atoms with Crippen LogP contribution in [0.1, 0.15) is 10.6 Å². The van der Waals surface area contributed by atoms with Crippen LogP contribution in [0.25, 0.3) is 16.7 Å². The molecule has 0 bridgehead atoms. The number of ether oxygens (including phenoxy) is 1. The number of rotatable bonds is 4. The predicted molar refractivity (Wildman–Crippen MR) is 92.1 cm³/mol. The zero-order chi connectivity index (χ0) is 17.2. The summed E-state index contributed by atoms with van der Waals surface area (Å²) in [5.41, 5.74) is 2.04. The summed E-state index contributed by atoms with van der Waals surface area (Å²) >= 11 is 0. The number of nitrogens with one attached hydrogen (secondary N) is 1. The van der Waals surface area contributed by atoms with Crippen LogP contribution < -0.4 is 10.1 Å². The second kappa shape index (κ2) is 6.12. The zero-order valence-corrected chi connectivity index (χ0v) is 13.3. The van der Waals surface area contributed by atoms with Gasteiger partial charge in [0.15, 0.2) is 5.76 Å². The minimum absolute atomic E-state index is 0.242. The van der Waals surface area contributed by atoms with Crippen molar-refractivity contribution in [3.8, 4) is 11.4 Å². The van der Waals surface area contributed by atoms with Gasteiger partial charge in [0, 0.05) is 11.5 Å². The lowest BCUT2D eigenvalue weighted by atomic mass is 10.2. The molecule has 0 saturated heterocycles. The third kappa shape index (κ3) is 2.83. The molecule has 1 amide bonds. The number of fused-ring (bicyclic) bond motifs is 1. The Hall–Kier alpha value is -3.61. The molecule has 1 N–H and O–H groups in total. The van der Waals surface area contributed by atoms with Gasteiger partial charge < -0.3 is 14.5 Å². The fraction of sp³-hybridized carbons (Fsp3) is 0.0556. The molecule has 4 rings (SSSR count). The number of carbonyl (C=O) groups excluding carboxylic acids is 1. The fourth-order valence-corrected chi connectivity index (χ4v) is 2.56. The summed E-state index contributed by atoms with van der Waals surface area (Å²) in [4.78, 5) is 12.5. The molecule has 7 heteroatoms. The van der Waals surface area contributed by atoms with Crippen LogP contribution in [0.3, 0.4) is 0 Å². The molecule has 4 aromatic rings. The Labute approximate surface area is 142 Å². The van der Waals surface area contributed by atoms with Crippen molar-refractivity contribution < 1.29 is 13.9 Å². The molecule has 2 aromatic carbocycles. The van der Waals surface area contributed by atoms with Crippen LogP contribution in [0.4, 0.5) is 5.69 Å². The quantitative estimate of drug-likeness (QED) is 0.619. The first-order valence-electron chi connectivity index (χ1n) is 7.57. The van der Waals surface area contributed by atoms with Crippen LogP contribution >= 0.6 is 0 Å². The Kier molecular flexibility index (Phi) is 3.66. The van der Waals surface area contributed by atoms with Crippen molar-refractivity contribution in [3.63, 3.8) is 0 Å². The van der Waals surface area contributed by atoms with E-state index in [0.29, 0.717) is 17.0 Å². The van der Waals surface area contributed by atoms with E-state index in [4.69, 9.17) is 9.15 Å². The van der Waals surface area contributed by atoms with Crippen LogP contribution in [0, 0.1) is 0 Å². The van der Waals surface area contributed by atoms with E-state index in [-0.39, 0.29) is 11.7 Å². The second-order valence-corrected chi connectivity index (χ2v) is 5.36. The number of methoxy groups -OCH3 is 1. The third-order valence-corrected chi connectivity index (χ3v) is 3.80. The number of carbonyl (C=O) groups is 1. The molecule has 0 spiro atoms. The topological polar surface area (TPSA) is 82.2 Å². The summed E-state index contributed by atoms with van der Waals surface area (Å²) in [6, 6.07) is 14.6. The van der Waals surface area contributed by atoms with Gasteiger partial charge in [0.25, 0.3) is 5.91 Å². The molecule has 0 radical (unpaired) electrons. The maximum Gasteiger partial charge on any atom is 0.291 e. The van der Waals surface area contributed by atoms with E-state index in [0.717, 1.165) is 11.1 Å². The van der Waals surface area contributed by atoms with Gasteiger partial charge in [-0.2, -0.15) is 0 Å². The summed E-state index contributed by atoms with van der Waals surface area (Å²) < 4.78 is 12.7. The largest absolute Gasteiger partial charge is 0.494 e. The van der Waals surface area contributed by atoms with Gasteiger partial charge in [0.1, 0.15) is 24.0 Å². The van der Waals surface area contributed by atoms with Gasteiger partial charge in [-0.05, 0) is 24.3 Å². The number of hydrogen-bond acceptors (Lipinski definition) is 5. The average Bonchev–Trinajstić information content (AvgIpc) is 3.31. The molecule has 0 aliphatic rings. The van der Waals surface area contributed by atoms with E-state index in [9.17, 15) is 4.79 Å². The molecule has 124 valence electrons.